The number of carbonyl (C=O) groups excluding carboxylic acids is 2. The summed E-state index contributed by atoms with van der Waals surface area (Å²) < 4.78 is 55.0. The van der Waals surface area contributed by atoms with E-state index in [0.717, 1.165) is 12.1 Å². The number of pyridine rings is 1. The normalized spacial score (nSPS) is 12.4. The van der Waals surface area contributed by atoms with Crippen molar-refractivity contribution in [3.8, 4) is 5.75 Å². The molecule has 150 valence electrons. The lowest BCUT2D eigenvalue weighted by Crippen LogP contribution is -2.27. The summed E-state index contributed by atoms with van der Waals surface area (Å²) in [6, 6.07) is 5.74. The summed E-state index contributed by atoms with van der Waals surface area (Å²) >= 11 is 0. The number of carbonyl (C=O) groups is 2. The van der Waals surface area contributed by atoms with E-state index in [1.165, 1.54) is 31.3 Å². The average molecular weight is 398 g/mol. The Balaban J connectivity index is 2.10. The van der Waals surface area contributed by atoms with Crippen LogP contribution in [0.2, 0.25) is 0 Å². The highest BCUT2D eigenvalue weighted by Gasteiger charge is 2.29. The van der Waals surface area contributed by atoms with E-state index in [1.54, 1.807) is 6.92 Å². The molecule has 0 aliphatic carbocycles. The number of Topliss-reactive ketones (excluding diaryl/α,β-unsaturated/α-hetero) is 1. The maximum absolute atomic E-state index is 13.7. The fraction of sp³-hybridized carbons (Fsp3) is 0.316. The van der Waals surface area contributed by atoms with Crippen LogP contribution in [-0.4, -0.2) is 29.5 Å². The van der Waals surface area contributed by atoms with Crippen LogP contribution in [0, 0.1) is 5.82 Å². The van der Waals surface area contributed by atoms with Gasteiger partial charge in [-0.25, -0.2) is 4.39 Å². The Morgan fingerprint density at radius 2 is 1.93 bits per heavy atom. The third kappa shape index (κ3) is 6.33. The van der Waals surface area contributed by atoms with Crippen molar-refractivity contribution in [3.63, 3.8) is 0 Å². The van der Waals surface area contributed by atoms with Crippen LogP contribution >= 0.6 is 0 Å². The van der Waals surface area contributed by atoms with Crippen molar-refractivity contribution in [1.82, 2.24) is 10.3 Å². The smallest absolute Gasteiger partial charge is 0.422 e. The Morgan fingerprint density at radius 1 is 1.21 bits per heavy atom. The van der Waals surface area contributed by atoms with Gasteiger partial charge in [-0.2, -0.15) is 13.2 Å². The summed E-state index contributed by atoms with van der Waals surface area (Å²) in [5.41, 5.74) is 1.08. The number of amides is 1. The Bertz CT molecular complexity index is 868. The second-order valence-corrected chi connectivity index (χ2v) is 6.20. The van der Waals surface area contributed by atoms with E-state index < -0.39 is 36.3 Å². The van der Waals surface area contributed by atoms with Crippen LogP contribution in [0.3, 0.4) is 0 Å². The lowest BCUT2D eigenvalue weighted by Gasteiger charge is -2.17. The predicted octanol–water partition coefficient (Wildman–Crippen LogP) is 3.78. The Kier molecular flexibility index (Phi) is 6.71. The van der Waals surface area contributed by atoms with Gasteiger partial charge in [-0.3, -0.25) is 14.6 Å². The highest BCUT2D eigenvalue weighted by molar-refractivity contribution is 5.94. The number of alkyl halides is 3. The topological polar surface area (TPSA) is 68.3 Å². The number of benzene rings is 1. The van der Waals surface area contributed by atoms with Gasteiger partial charge < -0.3 is 10.1 Å². The Hall–Kier alpha value is -2.97. The minimum atomic E-state index is -4.60. The van der Waals surface area contributed by atoms with Gasteiger partial charge in [-0.05, 0) is 43.7 Å². The third-order valence-electron chi connectivity index (χ3n) is 3.70. The van der Waals surface area contributed by atoms with Crippen molar-refractivity contribution in [2.45, 2.75) is 32.5 Å². The van der Waals surface area contributed by atoms with Crippen LogP contribution in [0.15, 0.2) is 36.5 Å². The first kappa shape index (κ1) is 21.3. The monoisotopic (exact) mass is 398 g/mol. The molecule has 0 saturated heterocycles. The number of aromatic nitrogens is 1. The molecule has 1 atom stereocenters. The van der Waals surface area contributed by atoms with Gasteiger partial charge in [-0.1, -0.05) is 6.07 Å². The highest BCUT2D eigenvalue weighted by Crippen LogP contribution is 2.25. The summed E-state index contributed by atoms with van der Waals surface area (Å²) in [7, 11) is 0. The van der Waals surface area contributed by atoms with E-state index in [9.17, 15) is 27.2 Å². The number of hydrogen-bond donors (Lipinski definition) is 1. The Labute approximate surface area is 158 Å². The van der Waals surface area contributed by atoms with Crippen LogP contribution in [0.5, 0.6) is 5.75 Å². The first-order valence-electron chi connectivity index (χ1n) is 8.29. The van der Waals surface area contributed by atoms with Crippen molar-refractivity contribution in [2.24, 2.45) is 0 Å². The number of ether oxygens (including phenoxy) is 1. The van der Waals surface area contributed by atoms with Gasteiger partial charge in [0, 0.05) is 23.9 Å². The summed E-state index contributed by atoms with van der Waals surface area (Å²) in [4.78, 5) is 27.6. The zero-order valence-electron chi connectivity index (χ0n) is 15.1. The van der Waals surface area contributed by atoms with E-state index in [1.807, 2.05) is 0 Å². The molecule has 1 N–H and O–H groups in total. The molecule has 2 aromatic rings. The molecular weight excluding hydrogens is 380 g/mol. The number of ketones is 1. The molecule has 1 amide bonds. The van der Waals surface area contributed by atoms with Gasteiger partial charge >= 0.3 is 6.18 Å². The van der Waals surface area contributed by atoms with Gasteiger partial charge in [0.2, 0.25) is 0 Å². The molecule has 9 heteroatoms. The predicted molar refractivity (Wildman–Crippen MR) is 92.5 cm³/mol. The van der Waals surface area contributed by atoms with Crippen LogP contribution < -0.4 is 10.1 Å². The van der Waals surface area contributed by atoms with Crippen LogP contribution in [0.1, 0.15) is 41.5 Å². The van der Waals surface area contributed by atoms with Crippen molar-refractivity contribution in [2.75, 3.05) is 6.61 Å². The molecule has 1 aromatic carbocycles. The Morgan fingerprint density at radius 3 is 2.57 bits per heavy atom. The van der Waals surface area contributed by atoms with Crippen molar-refractivity contribution >= 4 is 11.7 Å². The van der Waals surface area contributed by atoms with Crippen LogP contribution in [0.4, 0.5) is 17.6 Å². The fourth-order valence-corrected chi connectivity index (χ4v) is 2.39. The molecule has 1 heterocycles. The molecule has 0 bridgehead atoms. The van der Waals surface area contributed by atoms with E-state index >= 15 is 0 Å². The standard InChI is InChI=1S/C19H18F4N2O3/c1-11(26)7-15-8-14(5-6-24-15)18(27)25-12(2)13-3-4-16(20)17(9-13)28-10-19(21,22)23/h3-6,8-9,12H,7,10H2,1-2H3,(H,25,27). The molecule has 0 saturated carbocycles. The van der Waals surface area contributed by atoms with E-state index in [4.69, 9.17) is 0 Å². The molecule has 0 spiro atoms. The number of hydrogen-bond acceptors (Lipinski definition) is 4. The third-order valence-corrected chi connectivity index (χ3v) is 3.70. The second-order valence-electron chi connectivity index (χ2n) is 6.20. The zero-order chi connectivity index (χ0) is 20.9. The largest absolute Gasteiger partial charge is 0.481 e. The molecule has 0 radical (unpaired) electrons. The van der Waals surface area contributed by atoms with Crippen LogP contribution in [0.25, 0.3) is 0 Å². The van der Waals surface area contributed by atoms with Crippen molar-refractivity contribution in [1.29, 1.82) is 0 Å². The number of rotatable bonds is 7. The van der Waals surface area contributed by atoms with Gasteiger partial charge in [-0.15, -0.1) is 0 Å². The van der Waals surface area contributed by atoms with Crippen molar-refractivity contribution < 1.29 is 31.9 Å². The molecule has 0 fully saturated rings. The lowest BCUT2D eigenvalue weighted by atomic mass is 10.1. The minimum absolute atomic E-state index is 0.0918. The SMILES string of the molecule is CC(=O)Cc1cc(C(=O)NC(C)c2ccc(F)c(OCC(F)(F)F)c2)ccn1. The molecular formula is C19H18F4N2O3. The average Bonchev–Trinajstić information content (AvgIpc) is 2.59. The van der Waals surface area contributed by atoms with E-state index in [0.29, 0.717) is 11.3 Å². The van der Waals surface area contributed by atoms with Crippen molar-refractivity contribution in [3.05, 3.63) is 59.2 Å². The molecule has 28 heavy (non-hydrogen) atoms. The lowest BCUT2D eigenvalue weighted by molar-refractivity contribution is -0.153. The molecule has 2 rings (SSSR count). The first-order valence-corrected chi connectivity index (χ1v) is 8.29. The van der Waals surface area contributed by atoms with E-state index in [2.05, 4.69) is 15.0 Å². The summed E-state index contributed by atoms with van der Waals surface area (Å²) in [5, 5.41) is 2.66. The molecule has 5 nitrogen and oxygen atoms in total. The number of halogens is 4. The minimum Gasteiger partial charge on any atom is -0.481 e. The summed E-state index contributed by atoms with van der Waals surface area (Å²) in [5.74, 6) is -2.06. The van der Waals surface area contributed by atoms with Gasteiger partial charge in [0.05, 0.1) is 6.04 Å². The molecule has 1 aromatic heterocycles. The van der Waals surface area contributed by atoms with Gasteiger partial charge in [0.25, 0.3) is 5.91 Å². The number of nitrogens with one attached hydrogen (secondary N) is 1. The first-order chi connectivity index (χ1) is 13.0. The zero-order valence-corrected chi connectivity index (χ0v) is 15.1. The quantitative estimate of drug-likeness (QED) is 0.721. The second kappa shape index (κ2) is 8.81. The highest BCUT2D eigenvalue weighted by atomic mass is 19.4. The maximum atomic E-state index is 13.7. The summed E-state index contributed by atoms with van der Waals surface area (Å²) in [6.07, 6.45) is -3.10. The fourth-order valence-electron chi connectivity index (χ4n) is 2.39. The summed E-state index contributed by atoms with van der Waals surface area (Å²) in [6.45, 7) is 1.38. The van der Waals surface area contributed by atoms with E-state index in [-0.39, 0.29) is 17.8 Å². The molecule has 0 aliphatic heterocycles. The maximum Gasteiger partial charge on any atom is 0.422 e. The number of nitrogens with zero attached hydrogens (tertiary/aromatic N) is 1. The van der Waals surface area contributed by atoms with Crippen LogP contribution in [-0.2, 0) is 11.2 Å². The molecule has 1 unspecified atom stereocenters. The van der Waals surface area contributed by atoms with Gasteiger partial charge in [0.1, 0.15) is 5.78 Å². The molecule has 0 aliphatic rings. The van der Waals surface area contributed by atoms with Gasteiger partial charge in [0.15, 0.2) is 18.2 Å².